The van der Waals surface area contributed by atoms with Crippen LogP contribution in [-0.2, 0) is 9.47 Å². The van der Waals surface area contributed by atoms with Gasteiger partial charge in [-0.2, -0.15) is 0 Å². The van der Waals surface area contributed by atoms with E-state index in [0.717, 1.165) is 6.42 Å². The second-order valence-electron chi connectivity index (χ2n) is 2.29. The molecule has 1 atom stereocenters. The molecule has 0 amide bonds. The summed E-state index contributed by atoms with van der Waals surface area (Å²) in [5.41, 5.74) is 0. The first-order chi connectivity index (χ1) is 4.27. The van der Waals surface area contributed by atoms with Gasteiger partial charge in [0.25, 0.3) is 0 Å². The minimum Gasteiger partial charge on any atom is -0.471 e. The van der Waals surface area contributed by atoms with Crippen LogP contribution in [0.2, 0.25) is 0 Å². The van der Waals surface area contributed by atoms with Gasteiger partial charge in [0.1, 0.15) is 0 Å². The van der Waals surface area contributed by atoms with Crippen LogP contribution in [0.5, 0.6) is 0 Å². The molecule has 0 spiro atoms. The van der Waals surface area contributed by atoms with Crippen molar-refractivity contribution in [3.8, 4) is 0 Å². The largest absolute Gasteiger partial charge is 0.471 e. The van der Waals surface area contributed by atoms with Gasteiger partial charge < -0.3 is 9.47 Å². The second-order valence-corrected chi connectivity index (χ2v) is 2.29. The molecule has 0 bridgehead atoms. The van der Waals surface area contributed by atoms with Crippen molar-refractivity contribution in [2.75, 3.05) is 6.61 Å². The molecule has 1 aliphatic rings. The molecule has 0 fully saturated rings. The van der Waals surface area contributed by atoms with Gasteiger partial charge in [0.05, 0.1) is 12.9 Å². The van der Waals surface area contributed by atoms with Gasteiger partial charge in [-0.1, -0.05) is 6.92 Å². The molecule has 1 heterocycles. The van der Waals surface area contributed by atoms with Crippen molar-refractivity contribution < 1.29 is 9.47 Å². The van der Waals surface area contributed by atoms with E-state index in [1.807, 2.05) is 19.9 Å². The van der Waals surface area contributed by atoms with Gasteiger partial charge >= 0.3 is 0 Å². The minimum atomic E-state index is -0.366. The zero-order chi connectivity index (χ0) is 6.74. The van der Waals surface area contributed by atoms with Crippen LogP contribution >= 0.6 is 0 Å². The Bertz CT molecular complexity index is 120. The number of rotatable bonds is 1. The molecule has 0 aromatic heterocycles. The van der Waals surface area contributed by atoms with Gasteiger partial charge in [-0.15, -0.1) is 0 Å². The third-order valence-electron chi connectivity index (χ3n) is 1.54. The van der Waals surface area contributed by atoms with Crippen molar-refractivity contribution >= 4 is 0 Å². The number of hydrogen-bond donors (Lipinski definition) is 0. The van der Waals surface area contributed by atoms with Gasteiger partial charge in [0.2, 0.25) is 5.79 Å². The number of hydrogen-bond acceptors (Lipinski definition) is 2. The maximum atomic E-state index is 5.31. The highest BCUT2D eigenvalue weighted by Crippen LogP contribution is 2.19. The normalized spacial score (nSPS) is 34.0. The van der Waals surface area contributed by atoms with E-state index in [9.17, 15) is 0 Å². The predicted octanol–water partition coefficient (Wildman–Crippen LogP) is 1.67. The molecule has 2 heteroatoms. The first-order valence-electron chi connectivity index (χ1n) is 3.23. The molecule has 0 saturated heterocycles. The average Bonchev–Trinajstić information content (AvgIpc) is 1.90. The van der Waals surface area contributed by atoms with Crippen LogP contribution in [0.15, 0.2) is 12.3 Å². The van der Waals surface area contributed by atoms with E-state index >= 15 is 0 Å². The van der Waals surface area contributed by atoms with Crippen molar-refractivity contribution in [2.24, 2.45) is 0 Å². The molecule has 0 aromatic carbocycles. The van der Waals surface area contributed by atoms with Crippen molar-refractivity contribution in [3.63, 3.8) is 0 Å². The van der Waals surface area contributed by atoms with Crippen LogP contribution in [0.25, 0.3) is 0 Å². The summed E-state index contributed by atoms with van der Waals surface area (Å²) in [6, 6.07) is 0. The molecule has 0 aromatic rings. The van der Waals surface area contributed by atoms with Gasteiger partial charge in [-0.3, -0.25) is 0 Å². The van der Waals surface area contributed by atoms with Crippen LogP contribution in [0, 0.1) is 0 Å². The van der Waals surface area contributed by atoms with E-state index in [1.54, 1.807) is 6.26 Å². The molecule has 9 heavy (non-hydrogen) atoms. The topological polar surface area (TPSA) is 18.5 Å². The molecule has 52 valence electrons. The maximum Gasteiger partial charge on any atom is 0.206 e. The van der Waals surface area contributed by atoms with E-state index in [-0.39, 0.29) is 5.79 Å². The van der Waals surface area contributed by atoms with Crippen LogP contribution in [0.4, 0.5) is 0 Å². The van der Waals surface area contributed by atoms with Gasteiger partial charge in [0.15, 0.2) is 0 Å². The average molecular weight is 128 g/mol. The van der Waals surface area contributed by atoms with Gasteiger partial charge in [-0.05, 0) is 6.08 Å². The van der Waals surface area contributed by atoms with Crippen molar-refractivity contribution in [2.45, 2.75) is 26.1 Å². The van der Waals surface area contributed by atoms with Crippen molar-refractivity contribution in [3.05, 3.63) is 12.3 Å². The van der Waals surface area contributed by atoms with E-state index in [0.29, 0.717) is 6.61 Å². The summed E-state index contributed by atoms with van der Waals surface area (Å²) in [5.74, 6) is -0.366. The monoisotopic (exact) mass is 128 g/mol. The Labute approximate surface area is 55.5 Å². The van der Waals surface area contributed by atoms with E-state index in [2.05, 4.69) is 0 Å². The zero-order valence-electron chi connectivity index (χ0n) is 5.89. The predicted molar refractivity (Wildman–Crippen MR) is 34.9 cm³/mol. The fraction of sp³-hybridized carbons (Fsp3) is 0.714. The molecule has 0 radical (unpaired) electrons. The first-order valence-corrected chi connectivity index (χ1v) is 3.23. The minimum absolute atomic E-state index is 0.366. The molecule has 2 nitrogen and oxygen atoms in total. The van der Waals surface area contributed by atoms with Crippen LogP contribution in [0.1, 0.15) is 20.3 Å². The Hall–Kier alpha value is -0.500. The summed E-state index contributed by atoms with van der Waals surface area (Å²) in [6.07, 6.45) is 4.45. The van der Waals surface area contributed by atoms with E-state index in [1.165, 1.54) is 0 Å². The highest BCUT2D eigenvalue weighted by Gasteiger charge is 2.24. The molecule has 1 unspecified atom stereocenters. The summed E-state index contributed by atoms with van der Waals surface area (Å²) in [7, 11) is 0. The lowest BCUT2D eigenvalue weighted by molar-refractivity contribution is -0.200. The lowest BCUT2D eigenvalue weighted by atomic mass is 10.2. The molecule has 0 aliphatic carbocycles. The molecule has 0 saturated carbocycles. The Balaban J connectivity index is 2.50. The first kappa shape index (κ1) is 6.62. The van der Waals surface area contributed by atoms with E-state index in [4.69, 9.17) is 9.47 Å². The Kier molecular flexibility index (Phi) is 1.76. The lowest BCUT2D eigenvalue weighted by Crippen LogP contribution is -2.31. The second kappa shape index (κ2) is 2.40. The van der Waals surface area contributed by atoms with Crippen LogP contribution < -0.4 is 0 Å². The highest BCUT2D eigenvalue weighted by molar-refractivity contribution is 4.81. The number of ether oxygens (including phenoxy) is 2. The molecule has 1 aliphatic heterocycles. The molecular formula is C7H12O2. The Morgan fingerprint density at radius 1 is 1.67 bits per heavy atom. The smallest absolute Gasteiger partial charge is 0.206 e. The Morgan fingerprint density at radius 3 is 2.78 bits per heavy atom. The van der Waals surface area contributed by atoms with E-state index < -0.39 is 0 Å². The van der Waals surface area contributed by atoms with Gasteiger partial charge in [0, 0.05) is 13.3 Å². The van der Waals surface area contributed by atoms with Crippen molar-refractivity contribution in [1.29, 1.82) is 0 Å². The zero-order valence-corrected chi connectivity index (χ0v) is 5.89. The quantitative estimate of drug-likeness (QED) is 0.534. The third-order valence-corrected chi connectivity index (χ3v) is 1.54. The van der Waals surface area contributed by atoms with Gasteiger partial charge in [-0.25, -0.2) is 0 Å². The molecule has 0 N–H and O–H groups in total. The summed E-state index contributed by atoms with van der Waals surface area (Å²) in [6.45, 7) is 4.65. The van der Waals surface area contributed by atoms with Crippen LogP contribution in [0.3, 0.4) is 0 Å². The molecule has 1 rings (SSSR count). The highest BCUT2D eigenvalue weighted by atomic mass is 16.7. The van der Waals surface area contributed by atoms with Crippen molar-refractivity contribution in [1.82, 2.24) is 0 Å². The Morgan fingerprint density at radius 2 is 2.44 bits per heavy atom. The summed E-state index contributed by atoms with van der Waals surface area (Å²) >= 11 is 0. The lowest BCUT2D eigenvalue weighted by Gasteiger charge is -2.29. The third kappa shape index (κ3) is 1.45. The fourth-order valence-electron chi connectivity index (χ4n) is 0.675. The summed E-state index contributed by atoms with van der Waals surface area (Å²) in [4.78, 5) is 0. The summed E-state index contributed by atoms with van der Waals surface area (Å²) < 4.78 is 10.5. The standard InChI is InChI=1S/C7H12O2/c1-3-7(2)8-5-4-6-9-7/h4-5H,3,6H2,1-2H3. The maximum absolute atomic E-state index is 5.31. The van der Waals surface area contributed by atoms with Crippen LogP contribution in [-0.4, -0.2) is 12.4 Å². The molecular weight excluding hydrogens is 116 g/mol. The summed E-state index contributed by atoms with van der Waals surface area (Å²) in [5, 5.41) is 0. The SMILES string of the molecule is CCC1(C)OC=CCO1. The fourth-order valence-corrected chi connectivity index (χ4v) is 0.675.